The number of carbonyl (C=O) groups excluding carboxylic acids is 1. The Balaban J connectivity index is 1.51. The van der Waals surface area contributed by atoms with E-state index in [0.29, 0.717) is 11.7 Å². The number of carbonyl (C=O) groups is 1. The first-order valence-electron chi connectivity index (χ1n) is 9.66. The fourth-order valence-electron chi connectivity index (χ4n) is 3.73. The molecule has 7 heteroatoms. The molecule has 0 bridgehead atoms. The summed E-state index contributed by atoms with van der Waals surface area (Å²) >= 11 is 0. The van der Waals surface area contributed by atoms with Crippen molar-refractivity contribution >= 4 is 11.7 Å². The van der Waals surface area contributed by atoms with Crippen molar-refractivity contribution < 1.29 is 4.79 Å². The zero-order valence-electron chi connectivity index (χ0n) is 16.3. The third-order valence-corrected chi connectivity index (χ3v) is 5.16. The standard InChI is InChI=1S/C22H24N6O/c1-24-28-22(29)20-21(23)26-13-19(27-20)16-7-4-5-14(11-16)12-25-18-10-9-15-6-2-3-8-17(15)18/h2-8,11,13,18,24-25H,9-10,12H2,1H3,(H2,23,26)(H,28,29)/t18-/m0/s1. The van der Waals surface area contributed by atoms with Crippen LogP contribution in [-0.4, -0.2) is 22.9 Å². The quantitative estimate of drug-likeness (QED) is 0.483. The summed E-state index contributed by atoms with van der Waals surface area (Å²) in [6.45, 7) is 0.752. The van der Waals surface area contributed by atoms with E-state index in [0.717, 1.165) is 30.5 Å². The Kier molecular flexibility index (Phi) is 5.50. The van der Waals surface area contributed by atoms with Crippen LogP contribution in [0.4, 0.5) is 5.82 Å². The predicted octanol–water partition coefficient (Wildman–Crippen LogP) is 2.37. The fraction of sp³-hybridized carbons (Fsp3) is 0.227. The maximum absolute atomic E-state index is 12.1. The van der Waals surface area contributed by atoms with E-state index in [1.807, 2.05) is 12.1 Å². The van der Waals surface area contributed by atoms with Crippen LogP contribution in [0.5, 0.6) is 0 Å². The van der Waals surface area contributed by atoms with Crippen LogP contribution in [0.25, 0.3) is 11.3 Å². The highest BCUT2D eigenvalue weighted by atomic mass is 16.2. The van der Waals surface area contributed by atoms with E-state index in [9.17, 15) is 4.79 Å². The third kappa shape index (κ3) is 4.11. The maximum Gasteiger partial charge on any atom is 0.287 e. The van der Waals surface area contributed by atoms with E-state index in [4.69, 9.17) is 5.73 Å². The van der Waals surface area contributed by atoms with Gasteiger partial charge in [0.1, 0.15) is 0 Å². The summed E-state index contributed by atoms with van der Waals surface area (Å²) in [5.74, 6) is -0.323. The molecule has 1 amide bonds. The normalized spacial score (nSPS) is 15.1. The number of fused-ring (bicyclic) bond motifs is 1. The zero-order chi connectivity index (χ0) is 20.2. The largest absolute Gasteiger partial charge is 0.382 e. The van der Waals surface area contributed by atoms with Crippen molar-refractivity contribution in [2.45, 2.75) is 25.4 Å². The molecule has 0 saturated carbocycles. The van der Waals surface area contributed by atoms with Gasteiger partial charge in [-0.15, -0.1) is 0 Å². The molecule has 0 fully saturated rings. The SMILES string of the molecule is CNNC(=O)c1nc(-c2cccc(CN[C@H]3CCc4ccccc43)c2)cnc1N. The molecule has 2 aromatic carbocycles. The molecule has 3 aromatic rings. The first kappa shape index (κ1) is 19.0. The van der Waals surface area contributed by atoms with Crippen LogP contribution in [0, 0.1) is 0 Å². The molecule has 1 aliphatic carbocycles. The summed E-state index contributed by atoms with van der Waals surface area (Å²) in [6, 6.07) is 17.1. The number of nitrogens with one attached hydrogen (secondary N) is 3. The summed E-state index contributed by atoms with van der Waals surface area (Å²) in [5.41, 5.74) is 16.4. The van der Waals surface area contributed by atoms with Crippen molar-refractivity contribution in [3.8, 4) is 11.3 Å². The van der Waals surface area contributed by atoms with E-state index in [-0.39, 0.29) is 11.5 Å². The lowest BCUT2D eigenvalue weighted by Gasteiger charge is -2.14. The number of hydrogen-bond donors (Lipinski definition) is 4. The van der Waals surface area contributed by atoms with Gasteiger partial charge in [-0.1, -0.05) is 42.5 Å². The molecule has 1 aliphatic rings. The zero-order valence-corrected chi connectivity index (χ0v) is 16.3. The van der Waals surface area contributed by atoms with Crippen LogP contribution in [0.3, 0.4) is 0 Å². The molecule has 0 unspecified atom stereocenters. The fourth-order valence-corrected chi connectivity index (χ4v) is 3.73. The second-order valence-electron chi connectivity index (χ2n) is 7.06. The number of hydrazine groups is 1. The Labute approximate surface area is 169 Å². The third-order valence-electron chi connectivity index (χ3n) is 5.16. The second-order valence-corrected chi connectivity index (χ2v) is 7.06. The summed E-state index contributed by atoms with van der Waals surface area (Å²) in [4.78, 5) is 20.6. The highest BCUT2D eigenvalue weighted by Gasteiger charge is 2.21. The van der Waals surface area contributed by atoms with Gasteiger partial charge in [-0.2, -0.15) is 0 Å². The molecule has 0 saturated heterocycles. The molecule has 0 aliphatic heterocycles. The lowest BCUT2D eigenvalue weighted by atomic mass is 10.1. The van der Waals surface area contributed by atoms with Gasteiger partial charge in [0.25, 0.3) is 5.91 Å². The van der Waals surface area contributed by atoms with E-state index in [2.05, 4.69) is 62.5 Å². The van der Waals surface area contributed by atoms with Gasteiger partial charge in [0.15, 0.2) is 11.5 Å². The van der Waals surface area contributed by atoms with Crippen LogP contribution in [0.2, 0.25) is 0 Å². The van der Waals surface area contributed by atoms with Crippen LogP contribution in [0.15, 0.2) is 54.7 Å². The van der Waals surface area contributed by atoms with Crippen molar-refractivity contribution in [1.29, 1.82) is 0 Å². The molecule has 29 heavy (non-hydrogen) atoms. The molecule has 1 aromatic heterocycles. The number of aromatic nitrogens is 2. The van der Waals surface area contributed by atoms with Crippen LogP contribution >= 0.6 is 0 Å². The predicted molar refractivity (Wildman–Crippen MR) is 113 cm³/mol. The first-order chi connectivity index (χ1) is 14.2. The number of aryl methyl sites for hydroxylation is 1. The van der Waals surface area contributed by atoms with Gasteiger partial charge < -0.3 is 11.1 Å². The van der Waals surface area contributed by atoms with Crippen molar-refractivity contribution in [2.75, 3.05) is 12.8 Å². The van der Waals surface area contributed by atoms with E-state index in [1.54, 1.807) is 13.2 Å². The number of amides is 1. The molecule has 7 nitrogen and oxygen atoms in total. The van der Waals surface area contributed by atoms with E-state index in [1.165, 1.54) is 11.1 Å². The monoisotopic (exact) mass is 388 g/mol. The maximum atomic E-state index is 12.1. The molecule has 0 spiro atoms. The lowest BCUT2D eigenvalue weighted by molar-refractivity contribution is 0.0933. The second kappa shape index (κ2) is 8.38. The molecule has 5 N–H and O–H groups in total. The van der Waals surface area contributed by atoms with Gasteiger partial charge in [0.2, 0.25) is 0 Å². The Hall–Kier alpha value is -3.29. The van der Waals surface area contributed by atoms with Gasteiger partial charge in [-0.25, -0.2) is 15.4 Å². The minimum atomic E-state index is -0.419. The molecule has 0 radical (unpaired) electrons. The number of nitrogens with zero attached hydrogens (tertiary/aromatic N) is 2. The van der Waals surface area contributed by atoms with Crippen molar-refractivity contribution in [3.63, 3.8) is 0 Å². The van der Waals surface area contributed by atoms with E-state index >= 15 is 0 Å². The van der Waals surface area contributed by atoms with Gasteiger partial charge in [-0.3, -0.25) is 10.2 Å². The van der Waals surface area contributed by atoms with Crippen LogP contribution in [0.1, 0.15) is 39.6 Å². The topological polar surface area (TPSA) is 105 Å². The van der Waals surface area contributed by atoms with Gasteiger partial charge >= 0.3 is 0 Å². The molecule has 4 rings (SSSR count). The first-order valence-corrected chi connectivity index (χ1v) is 9.66. The molecule has 1 atom stereocenters. The minimum absolute atomic E-state index is 0.0965. The average Bonchev–Trinajstić information content (AvgIpc) is 3.16. The number of hydrogen-bond acceptors (Lipinski definition) is 6. The molecule has 148 valence electrons. The van der Waals surface area contributed by atoms with Crippen molar-refractivity contribution in [3.05, 3.63) is 77.1 Å². The molecular formula is C22H24N6O. The summed E-state index contributed by atoms with van der Waals surface area (Å²) < 4.78 is 0. The number of nitrogen functional groups attached to an aromatic ring is 1. The summed E-state index contributed by atoms with van der Waals surface area (Å²) in [7, 11) is 1.60. The Morgan fingerprint density at radius 2 is 2.07 bits per heavy atom. The minimum Gasteiger partial charge on any atom is -0.382 e. The molecular weight excluding hydrogens is 364 g/mol. The van der Waals surface area contributed by atoms with Crippen LogP contribution in [-0.2, 0) is 13.0 Å². The van der Waals surface area contributed by atoms with Gasteiger partial charge in [0, 0.05) is 25.2 Å². The smallest absolute Gasteiger partial charge is 0.287 e. The number of benzene rings is 2. The average molecular weight is 388 g/mol. The van der Waals surface area contributed by atoms with Crippen molar-refractivity contribution in [2.24, 2.45) is 0 Å². The summed E-state index contributed by atoms with van der Waals surface area (Å²) in [5, 5.41) is 3.66. The highest BCUT2D eigenvalue weighted by molar-refractivity contribution is 5.96. The number of anilines is 1. The van der Waals surface area contributed by atoms with Crippen LogP contribution < -0.4 is 21.9 Å². The number of rotatable bonds is 6. The number of nitrogens with two attached hydrogens (primary N) is 1. The Morgan fingerprint density at radius 3 is 2.93 bits per heavy atom. The highest BCUT2D eigenvalue weighted by Crippen LogP contribution is 2.31. The Morgan fingerprint density at radius 1 is 1.21 bits per heavy atom. The van der Waals surface area contributed by atoms with Gasteiger partial charge in [0.05, 0.1) is 11.9 Å². The van der Waals surface area contributed by atoms with Crippen molar-refractivity contribution in [1.82, 2.24) is 26.1 Å². The van der Waals surface area contributed by atoms with Gasteiger partial charge in [-0.05, 0) is 35.6 Å². The van der Waals surface area contributed by atoms with E-state index < -0.39 is 5.91 Å². The lowest BCUT2D eigenvalue weighted by Crippen LogP contribution is -2.35. The Bertz CT molecular complexity index is 1040. The summed E-state index contributed by atoms with van der Waals surface area (Å²) in [6.07, 6.45) is 3.82. The molecule has 1 heterocycles.